The van der Waals surface area contributed by atoms with Gasteiger partial charge < -0.3 is 19.4 Å². The van der Waals surface area contributed by atoms with Crippen molar-refractivity contribution in [1.29, 1.82) is 0 Å². The van der Waals surface area contributed by atoms with Gasteiger partial charge in [-0.25, -0.2) is 9.97 Å². The first-order valence-corrected chi connectivity index (χ1v) is 9.68. The predicted molar refractivity (Wildman–Crippen MR) is 98.9 cm³/mol. The summed E-state index contributed by atoms with van der Waals surface area (Å²) in [5, 5.41) is 3.21. The topological polar surface area (TPSA) is 80.5 Å². The second-order valence-corrected chi connectivity index (χ2v) is 8.06. The Morgan fingerprint density at radius 3 is 3.11 bits per heavy atom. The van der Waals surface area contributed by atoms with Crippen LogP contribution in [0.1, 0.15) is 29.2 Å². The van der Waals surface area contributed by atoms with Crippen LogP contribution in [0.15, 0.2) is 28.8 Å². The number of carbonyl (C=O) groups is 1. The molecular formula is C19H21ClN4O3. The number of aromatic nitrogens is 2. The zero-order valence-corrected chi connectivity index (χ0v) is 15.8. The van der Waals surface area contributed by atoms with Crippen LogP contribution in [0.3, 0.4) is 0 Å². The summed E-state index contributed by atoms with van der Waals surface area (Å²) in [6.07, 6.45) is 4.12. The van der Waals surface area contributed by atoms with E-state index in [1.165, 1.54) is 0 Å². The van der Waals surface area contributed by atoms with Gasteiger partial charge in [-0.3, -0.25) is 4.79 Å². The molecule has 0 aromatic carbocycles. The number of furan rings is 1. The second-order valence-electron chi connectivity index (χ2n) is 7.69. The molecule has 5 rings (SSSR count). The Bertz CT molecular complexity index is 887. The number of hydrogen-bond acceptors (Lipinski definition) is 6. The molecule has 0 unspecified atom stereocenters. The predicted octanol–water partition coefficient (Wildman–Crippen LogP) is 2.45. The molecule has 0 radical (unpaired) electrons. The summed E-state index contributed by atoms with van der Waals surface area (Å²) < 4.78 is 11.6. The van der Waals surface area contributed by atoms with Crippen molar-refractivity contribution in [3.05, 3.63) is 41.2 Å². The molecule has 3 fully saturated rings. The lowest BCUT2D eigenvalue weighted by Gasteiger charge is -2.29. The van der Waals surface area contributed by atoms with Crippen molar-refractivity contribution < 1.29 is 13.9 Å². The first-order chi connectivity index (χ1) is 13.0. The largest absolute Gasteiger partial charge is 0.440 e. The number of ether oxygens (including phenoxy) is 1. The van der Waals surface area contributed by atoms with Gasteiger partial charge >= 0.3 is 0 Å². The van der Waals surface area contributed by atoms with E-state index >= 15 is 0 Å². The van der Waals surface area contributed by atoms with E-state index in [0.29, 0.717) is 18.4 Å². The van der Waals surface area contributed by atoms with E-state index in [4.69, 9.17) is 20.8 Å². The number of anilines is 1. The molecule has 3 aliphatic rings. The number of fused-ring (bicyclic) bond motifs is 1. The van der Waals surface area contributed by atoms with Crippen molar-refractivity contribution in [2.75, 3.05) is 24.5 Å². The van der Waals surface area contributed by atoms with E-state index in [0.717, 1.165) is 37.6 Å². The van der Waals surface area contributed by atoms with E-state index in [1.807, 2.05) is 13.0 Å². The third kappa shape index (κ3) is 2.80. The van der Waals surface area contributed by atoms with Gasteiger partial charge in [0.2, 0.25) is 0 Å². The summed E-state index contributed by atoms with van der Waals surface area (Å²) in [4.78, 5) is 23.4. The van der Waals surface area contributed by atoms with Gasteiger partial charge in [-0.2, -0.15) is 0 Å². The Labute approximate surface area is 162 Å². The normalized spacial score (nSPS) is 31.3. The summed E-state index contributed by atoms with van der Waals surface area (Å²) in [5.74, 6) is 2.40. The molecular weight excluding hydrogens is 368 g/mol. The summed E-state index contributed by atoms with van der Waals surface area (Å²) in [6.45, 7) is 4.22. The lowest BCUT2D eigenvalue weighted by Crippen LogP contribution is -2.41. The third-order valence-electron chi connectivity index (χ3n) is 6.16. The Morgan fingerprint density at radius 2 is 2.33 bits per heavy atom. The van der Waals surface area contributed by atoms with Crippen LogP contribution in [0.2, 0.25) is 5.22 Å². The van der Waals surface area contributed by atoms with Gasteiger partial charge in [-0.05, 0) is 49.6 Å². The molecule has 2 aromatic heterocycles. The molecule has 1 N–H and O–H groups in total. The highest BCUT2D eigenvalue weighted by Gasteiger charge is 2.63. The van der Waals surface area contributed by atoms with Gasteiger partial charge in [-0.1, -0.05) is 0 Å². The van der Waals surface area contributed by atoms with Crippen molar-refractivity contribution in [3.8, 4) is 0 Å². The van der Waals surface area contributed by atoms with E-state index in [9.17, 15) is 4.79 Å². The summed E-state index contributed by atoms with van der Waals surface area (Å²) in [5.41, 5.74) is -0.118. The number of halogens is 1. The highest BCUT2D eigenvalue weighted by atomic mass is 35.5. The lowest BCUT2D eigenvalue weighted by molar-refractivity contribution is 0.0141. The number of amides is 1. The fourth-order valence-corrected chi connectivity index (χ4v) is 5.14. The van der Waals surface area contributed by atoms with Gasteiger partial charge in [0.25, 0.3) is 5.91 Å². The lowest BCUT2D eigenvalue weighted by atomic mass is 9.73. The number of nitrogens with one attached hydrogen (secondary N) is 1. The zero-order chi connectivity index (χ0) is 18.6. The molecule has 0 aliphatic carbocycles. The molecule has 4 atom stereocenters. The molecule has 3 aliphatic heterocycles. The standard InChI is InChI=1S/C19H21ClN4O3/c1-11-21-7-5-17(23-11)24-9-13-12(14-4-6-19(13,10-24)27-14)8-22-18(25)15-2-3-16(20)26-15/h2-3,5,7,12-14H,4,6,8-10H2,1H3,(H,22,25)/t12-,13+,14+,19+/m0/s1. The Balaban J connectivity index is 1.30. The van der Waals surface area contributed by atoms with Gasteiger partial charge in [-0.15, -0.1) is 0 Å². The molecule has 7 nitrogen and oxygen atoms in total. The quantitative estimate of drug-likeness (QED) is 0.866. The highest BCUT2D eigenvalue weighted by molar-refractivity contribution is 6.29. The zero-order valence-electron chi connectivity index (χ0n) is 15.0. The average Bonchev–Trinajstić information content (AvgIpc) is 3.39. The summed E-state index contributed by atoms with van der Waals surface area (Å²) >= 11 is 5.76. The first-order valence-electron chi connectivity index (χ1n) is 9.30. The fraction of sp³-hybridized carbons (Fsp3) is 0.526. The van der Waals surface area contributed by atoms with Gasteiger partial charge in [0.15, 0.2) is 11.0 Å². The third-order valence-corrected chi connectivity index (χ3v) is 6.37. The van der Waals surface area contributed by atoms with Crippen molar-refractivity contribution in [2.45, 2.75) is 31.5 Å². The smallest absolute Gasteiger partial charge is 0.287 e. The number of hydrogen-bond donors (Lipinski definition) is 1. The Kier molecular flexibility index (Phi) is 3.91. The summed E-state index contributed by atoms with van der Waals surface area (Å²) in [7, 11) is 0. The van der Waals surface area contributed by atoms with Crippen molar-refractivity contribution in [3.63, 3.8) is 0 Å². The van der Waals surface area contributed by atoms with Gasteiger partial charge in [0.1, 0.15) is 11.6 Å². The second kappa shape index (κ2) is 6.21. The monoisotopic (exact) mass is 388 g/mol. The maximum absolute atomic E-state index is 12.3. The molecule has 5 heterocycles. The SMILES string of the molecule is Cc1nccc(N2C[C@@H]3[C@H](CNC(=O)c4ccc(Cl)o4)[C@H]4CC[C@]3(C2)O4)n1. The van der Waals surface area contributed by atoms with Crippen molar-refractivity contribution in [1.82, 2.24) is 15.3 Å². The molecule has 2 bridgehead atoms. The number of carbonyl (C=O) groups excluding carboxylic acids is 1. The summed E-state index contributed by atoms with van der Waals surface area (Å²) in [6, 6.07) is 5.12. The highest BCUT2D eigenvalue weighted by Crippen LogP contribution is 2.55. The molecule has 1 amide bonds. The number of aryl methyl sites for hydroxylation is 1. The van der Waals surface area contributed by atoms with Crippen LogP contribution in [-0.4, -0.2) is 47.2 Å². The Hall–Kier alpha value is -2.12. The van der Waals surface area contributed by atoms with Gasteiger partial charge in [0, 0.05) is 37.7 Å². The molecule has 3 saturated heterocycles. The van der Waals surface area contributed by atoms with Crippen LogP contribution in [0.25, 0.3) is 0 Å². The molecule has 1 spiro atoms. The fourth-order valence-electron chi connectivity index (χ4n) is 4.99. The Morgan fingerprint density at radius 1 is 1.44 bits per heavy atom. The maximum Gasteiger partial charge on any atom is 0.287 e. The minimum Gasteiger partial charge on any atom is -0.440 e. The molecule has 8 heteroatoms. The van der Waals surface area contributed by atoms with Gasteiger partial charge in [0.05, 0.1) is 11.7 Å². The van der Waals surface area contributed by atoms with Crippen LogP contribution in [0.5, 0.6) is 0 Å². The maximum atomic E-state index is 12.3. The van der Waals surface area contributed by atoms with Crippen LogP contribution in [0, 0.1) is 18.8 Å². The molecule has 0 saturated carbocycles. The minimum absolute atomic E-state index is 0.118. The molecule has 142 valence electrons. The number of rotatable bonds is 4. The van der Waals surface area contributed by atoms with E-state index < -0.39 is 0 Å². The molecule has 27 heavy (non-hydrogen) atoms. The number of nitrogens with zero attached hydrogens (tertiary/aromatic N) is 3. The first kappa shape index (κ1) is 17.0. The minimum atomic E-state index is -0.236. The van der Waals surface area contributed by atoms with Crippen LogP contribution >= 0.6 is 11.6 Å². The van der Waals surface area contributed by atoms with Crippen molar-refractivity contribution >= 4 is 23.3 Å². The van der Waals surface area contributed by atoms with E-state index in [-0.39, 0.29) is 28.6 Å². The van der Waals surface area contributed by atoms with Crippen LogP contribution < -0.4 is 10.2 Å². The average molecular weight is 389 g/mol. The van der Waals surface area contributed by atoms with Crippen LogP contribution in [0.4, 0.5) is 5.82 Å². The van der Waals surface area contributed by atoms with E-state index in [1.54, 1.807) is 18.3 Å². The molecule has 2 aromatic rings. The van der Waals surface area contributed by atoms with Crippen LogP contribution in [-0.2, 0) is 4.74 Å². The van der Waals surface area contributed by atoms with E-state index in [2.05, 4.69) is 20.2 Å². The van der Waals surface area contributed by atoms with Crippen molar-refractivity contribution in [2.24, 2.45) is 11.8 Å².